The molecule has 19 heavy (non-hydrogen) atoms. The van der Waals surface area contributed by atoms with Gasteiger partial charge < -0.3 is 10.5 Å². The molecule has 0 bridgehead atoms. The number of primary amides is 1. The van der Waals surface area contributed by atoms with Crippen LogP contribution in [-0.2, 0) is 4.74 Å². The third kappa shape index (κ3) is 2.15. The molecule has 1 atom stereocenters. The van der Waals surface area contributed by atoms with Crippen molar-refractivity contribution >= 4 is 33.4 Å². The van der Waals surface area contributed by atoms with E-state index in [-0.39, 0.29) is 0 Å². The Morgan fingerprint density at radius 3 is 3.05 bits per heavy atom. The van der Waals surface area contributed by atoms with Crippen molar-refractivity contribution in [3.05, 3.63) is 42.3 Å². The van der Waals surface area contributed by atoms with Gasteiger partial charge in [0.25, 0.3) is 0 Å². The zero-order valence-corrected chi connectivity index (χ0v) is 10.6. The highest BCUT2D eigenvalue weighted by Gasteiger charge is 2.23. The van der Waals surface area contributed by atoms with Crippen LogP contribution in [0.25, 0.3) is 10.3 Å². The molecule has 0 aliphatic carbocycles. The summed E-state index contributed by atoms with van der Waals surface area (Å²) in [5.41, 5.74) is 8.40. The van der Waals surface area contributed by atoms with Gasteiger partial charge in [-0.1, -0.05) is 6.08 Å². The molecule has 0 aromatic carbocycles. The summed E-state index contributed by atoms with van der Waals surface area (Å²) >= 11 is 1.44. The number of ether oxygens (including phenoxy) is 1. The van der Waals surface area contributed by atoms with Crippen LogP contribution in [0.5, 0.6) is 0 Å². The van der Waals surface area contributed by atoms with Gasteiger partial charge in [0, 0.05) is 0 Å². The molecule has 96 valence electrons. The van der Waals surface area contributed by atoms with Gasteiger partial charge in [-0.15, -0.1) is 11.3 Å². The summed E-state index contributed by atoms with van der Waals surface area (Å²) in [5, 5.41) is 0. The van der Waals surface area contributed by atoms with Crippen LogP contribution < -0.4 is 10.6 Å². The third-order valence-electron chi connectivity index (χ3n) is 2.63. The van der Waals surface area contributed by atoms with Crippen molar-refractivity contribution in [2.75, 3.05) is 4.90 Å². The molecule has 3 rings (SSSR count). The Kier molecular flexibility index (Phi) is 2.88. The van der Waals surface area contributed by atoms with E-state index in [1.807, 2.05) is 0 Å². The third-order valence-corrected chi connectivity index (χ3v) is 3.38. The Morgan fingerprint density at radius 2 is 2.32 bits per heavy atom. The van der Waals surface area contributed by atoms with Gasteiger partial charge in [0.2, 0.25) is 0 Å². The van der Waals surface area contributed by atoms with E-state index in [0.717, 1.165) is 10.3 Å². The fourth-order valence-corrected chi connectivity index (χ4v) is 2.41. The molecule has 0 saturated heterocycles. The van der Waals surface area contributed by atoms with E-state index in [9.17, 15) is 4.79 Å². The number of hydrogen-bond donors (Lipinski definition) is 1. The lowest BCUT2D eigenvalue weighted by Gasteiger charge is -2.28. The van der Waals surface area contributed by atoms with Crippen molar-refractivity contribution in [3.63, 3.8) is 0 Å². The topological polar surface area (TPSA) is 81.3 Å². The molecule has 1 aliphatic heterocycles. The number of anilines is 1. The lowest BCUT2D eigenvalue weighted by molar-refractivity contribution is 0.177. The predicted octanol–water partition coefficient (Wildman–Crippen LogP) is 2.00. The number of aromatic nitrogens is 2. The Hall–Kier alpha value is -2.41. The zero-order chi connectivity index (χ0) is 13.2. The standard InChI is InChI=1S/C12H10N4O2S/c13-12(17)16(10-3-1-2-4-18-10)8-5-9-11(14-6-8)19-7-15-9/h1-7,10H,(H2,13,17). The molecule has 0 fully saturated rings. The SMILES string of the molecule is NC(=O)N(c1cnc2scnc2c1)C1C=CC=CO1. The van der Waals surface area contributed by atoms with Gasteiger partial charge in [-0.2, -0.15) is 0 Å². The van der Waals surface area contributed by atoms with Crippen LogP contribution in [0.15, 0.2) is 42.3 Å². The summed E-state index contributed by atoms with van der Waals surface area (Å²) in [6.07, 6.45) is 7.78. The van der Waals surface area contributed by atoms with Crippen LogP contribution in [0.2, 0.25) is 0 Å². The maximum absolute atomic E-state index is 11.6. The molecular formula is C12H10N4O2S. The van der Waals surface area contributed by atoms with Crippen molar-refractivity contribution in [1.82, 2.24) is 9.97 Å². The van der Waals surface area contributed by atoms with E-state index in [4.69, 9.17) is 10.5 Å². The van der Waals surface area contributed by atoms with E-state index in [0.29, 0.717) is 5.69 Å². The van der Waals surface area contributed by atoms with Crippen LogP contribution in [0, 0.1) is 0 Å². The molecule has 2 aromatic heterocycles. The van der Waals surface area contributed by atoms with Gasteiger partial charge in [-0.3, -0.25) is 4.90 Å². The van der Waals surface area contributed by atoms with Crippen LogP contribution in [0.4, 0.5) is 10.5 Å². The van der Waals surface area contributed by atoms with Crippen molar-refractivity contribution in [2.45, 2.75) is 6.23 Å². The molecule has 2 amide bonds. The molecule has 3 heterocycles. The van der Waals surface area contributed by atoms with Crippen LogP contribution in [0.1, 0.15) is 0 Å². The first-order chi connectivity index (χ1) is 9.25. The number of hydrogen-bond acceptors (Lipinski definition) is 5. The summed E-state index contributed by atoms with van der Waals surface area (Å²) in [6, 6.07) is 1.15. The minimum absolute atomic E-state index is 0.552. The number of amides is 2. The summed E-state index contributed by atoms with van der Waals surface area (Å²) in [4.78, 5) is 22.2. The Labute approximate surface area is 112 Å². The number of pyridine rings is 1. The number of urea groups is 1. The molecule has 1 unspecified atom stereocenters. The Balaban J connectivity index is 2.01. The van der Waals surface area contributed by atoms with Crippen LogP contribution >= 0.6 is 11.3 Å². The minimum atomic E-state index is -0.610. The summed E-state index contributed by atoms with van der Waals surface area (Å²) < 4.78 is 5.36. The van der Waals surface area contributed by atoms with Crippen LogP contribution in [-0.4, -0.2) is 22.2 Å². The molecule has 2 N–H and O–H groups in total. The maximum atomic E-state index is 11.6. The summed E-state index contributed by atoms with van der Waals surface area (Å²) in [5.74, 6) is 0. The second-order valence-corrected chi connectivity index (χ2v) is 4.65. The maximum Gasteiger partial charge on any atom is 0.322 e. The van der Waals surface area contributed by atoms with E-state index in [1.165, 1.54) is 22.5 Å². The van der Waals surface area contributed by atoms with Crippen molar-refractivity contribution in [1.29, 1.82) is 0 Å². The smallest absolute Gasteiger partial charge is 0.322 e. The van der Waals surface area contributed by atoms with Gasteiger partial charge >= 0.3 is 6.03 Å². The van der Waals surface area contributed by atoms with Crippen molar-refractivity contribution in [3.8, 4) is 0 Å². The first kappa shape index (κ1) is 11.7. The van der Waals surface area contributed by atoms with E-state index in [1.54, 1.807) is 36.0 Å². The molecule has 2 aromatic rings. The first-order valence-corrected chi connectivity index (χ1v) is 6.40. The highest BCUT2D eigenvalue weighted by Crippen LogP contribution is 2.24. The normalized spacial score (nSPS) is 17.4. The first-order valence-electron chi connectivity index (χ1n) is 5.52. The number of carbonyl (C=O) groups excluding carboxylic acids is 1. The quantitative estimate of drug-likeness (QED) is 0.908. The van der Waals surface area contributed by atoms with E-state index < -0.39 is 12.3 Å². The number of rotatable bonds is 2. The zero-order valence-electron chi connectivity index (χ0n) is 9.76. The number of fused-ring (bicyclic) bond motifs is 1. The van der Waals surface area contributed by atoms with Crippen LogP contribution in [0.3, 0.4) is 0 Å². The van der Waals surface area contributed by atoms with Gasteiger partial charge in [0.05, 0.1) is 23.7 Å². The molecule has 7 heteroatoms. The molecular weight excluding hydrogens is 264 g/mol. The highest BCUT2D eigenvalue weighted by atomic mass is 32.1. The monoisotopic (exact) mass is 274 g/mol. The van der Waals surface area contributed by atoms with Gasteiger partial charge in [-0.05, 0) is 18.2 Å². The fourth-order valence-electron chi connectivity index (χ4n) is 1.80. The molecule has 0 saturated carbocycles. The minimum Gasteiger partial charge on any atom is -0.474 e. The molecule has 0 radical (unpaired) electrons. The number of nitrogens with two attached hydrogens (primary N) is 1. The molecule has 6 nitrogen and oxygen atoms in total. The predicted molar refractivity (Wildman–Crippen MR) is 72.6 cm³/mol. The fraction of sp³-hybridized carbons (Fsp3) is 0.0833. The molecule has 1 aliphatic rings. The van der Waals surface area contributed by atoms with Gasteiger partial charge in [0.15, 0.2) is 6.23 Å². The lowest BCUT2D eigenvalue weighted by Crippen LogP contribution is -2.44. The average molecular weight is 274 g/mol. The second-order valence-electron chi connectivity index (χ2n) is 3.82. The number of nitrogens with zero attached hydrogens (tertiary/aromatic N) is 3. The molecule has 0 spiro atoms. The Bertz CT molecular complexity index is 679. The van der Waals surface area contributed by atoms with Gasteiger partial charge in [-0.25, -0.2) is 14.8 Å². The summed E-state index contributed by atoms with van der Waals surface area (Å²) in [6.45, 7) is 0. The van der Waals surface area contributed by atoms with Crippen molar-refractivity contribution < 1.29 is 9.53 Å². The number of allylic oxidation sites excluding steroid dienone is 2. The number of carbonyl (C=O) groups is 1. The average Bonchev–Trinajstić information content (AvgIpc) is 2.87. The lowest BCUT2D eigenvalue weighted by atomic mass is 10.3. The largest absolute Gasteiger partial charge is 0.474 e. The Morgan fingerprint density at radius 1 is 1.42 bits per heavy atom. The van der Waals surface area contributed by atoms with E-state index in [2.05, 4.69) is 9.97 Å². The van der Waals surface area contributed by atoms with Crippen molar-refractivity contribution in [2.24, 2.45) is 5.73 Å². The summed E-state index contributed by atoms with van der Waals surface area (Å²) in [7, 11) is 0. The number of thiazole rings is 1. The second kappa shape index (κ2) is 4.69. The highest BCUT2D eigenvalue weighted by molar-refractivity contribution is 7.16. The van der Waals surface area contributed by atoms with Gasteiger partial charge in [0.1, 0.15) is 10.3 Å². The van der Waals surface area contributed by atoms with E-state index >= 15 is 0 Å².